The van der Waals surface area contributed by atoms with Crippen molar-refractivity contribution >= 4 is 50.8 Å². The molecule has 26 heavy (non-hydrogen) atoms. The number of ketones is 1. The fourth-order valence-corrected chi connectivity index (χ4v) is 3.27. The summed E-state index contributed by atoms with van der Waals surface area (Å²) in [6.07, 6.45) is 0. The topological polar surface area (TPSA) is 102 Å². The molecule has 0 aliphatic rings. The van der Waals surface area contributed by atoms with Crippen molar-refractivity contribution in [2.75, 3.05) is 5.75 Å². The van der Waals surface area contributed by atoms with Crippen molar-refractivity contribution in [3.8, 4) is 11.4 Å². The van der Waals surface area contributed by atoms with Gasteiger partial charge < -0.3 is 0 Å². The molecule has 0 spiro atoms. The van der Waals surface area contributed by atoms with Crippen LogP contribution in [0.25, 0.3) is 11.4 Å². The molecule has 0 aliphatic carbocycles. The van der Waals surface area contributed by atoms with Crippen molar-refractivity contribution < 1.29 is 9.72 Å². The minimum atomic E-state index is -0.569. The molecule has 0 unspecified atom stereocenters. The molecule has 0 saturated heterocycles. The Balaban J connectivity index is 1.70. The van der Waals surface area contributed by atoms with E-state index < -0.39 is 4.92 Å². The number of nitrogens with one attached hydrogen (secondary N) is 1. The molecule has 0 saturated carbocycles. The minimum absolute atomic E-state index is 0.0124. The lowest BCUT2D eigenvalue weighted by atomic mass is 10.1. The predicted molar refractivity (Wildman–Crippen MR) is 103 cm³/mol. The van der Waals surface area contributed by atoms with Crippen molar-refractivity contribution in [1.29, 1.82) is 0 Å². The largest absolute Gasteiger partial charge is 0.293 e. The quantitative estimate of drug-likeness (QED) is 0.250. The van der Waals surface area contributed by atoms with Gasteiger partial charge in [0.2, 0.25) is 5.16 Å². The molecule has 1 heterocycles. The number of aromatic amines is 1. The molecule has 0 fully saturated rings. The van der Waals surface area contributed by atoms with E-state index in [1.165, 1.54) is 18.2 Å². The van der Waals surface area contributed by atoms with Crippen molar-refractivity contribution in [2.24, 2.45) is 0 Å². The molecule has 0 amide bonds. The molecule has 0 radical (unpaired) electrons. The molecule has 7 nitrogen and oxygen atoms in total. The van der Waals surface area contributed by atoms with Crippen LogP contribution in [-0.2, 0) is 0 Å². The first-order valence-corrected chi connectivity index (χ1v) is 9.38. The van der Waals surface area contributed by atoms with Crippen LogP contribution in [0.5, 0.6) is 0 Å². The number of carbonyl (C=O) groups is 1. The average molecular weight is 454 g/mol. The van der Waals surface area contributed by atoms with Crippen LogP contribution in [0.2, 0.25) is 5.02 Å². The van der Waals surface area contributed by atoms with E-state index in [2.05, 4.69) is 31.1 Å². The summed E-state index contributed by atoms with van der Waals surface area (Å²) >= 11 is 10.5. The van der Waals surface area contributed by atoms with Crippen LogP contribution in [0.15, 0.2) is 52.1 Å². The number of Topliss-reactive ketones (excluding diaryl/α,β-unsaturated/α-hetero) is 1. The van der Waals surface area contributed by atoms with Crippen LogP contribution in [0.3, 0.4) is 0 Å². The third-order valence-electron chi connectivity index (χ3n) is 3.38. The molecular formula is C16H10BrClN4O3S. The number of carbonyl (C=O) groups excluding carboxylic acids is 1. The summed E-state index contributed by atoms with van der Waals surface area (Å²) in [5, 5.41) is 18.3. The van der Waals surface area contributed by atoms with Crippen molar-refractivity contribution in [1.82, 2.24) is 15.2 Å². The maximum atomic E-state index is 12.3. The lowest BCUT2D eigenvalue weighted by Gasteiger charge is -2.02. The summed E-state index contributed by atoms with van der Waals surface area (Å²) in [6, 6.07) is 11.3. The van der Waals surface area contributed by atoms with Gasteiger partial charge in [0.15, 0.2) is 11.6 Å². The molecule has 3 rings (SSSR count). The van der Waals surface area contributed by atoms with Crippen LogP contribution in [0.4, 0.5) is 5.69 Å². The van der Waals surface area contributed by atoms with E-state index in [0.29, 0.717) is 11.0 Å². The van der Waals surface area contributed by atoms with Crippen molar-refractivity contribution in [3.05, 3.63) is 67.6 Å². The second-order valence-electron chi connectivity index (χ2n) is 5.11. The van der Waals surface area contributed by atoms with Crippen LogP contribution in [-0.4, -0.2) is 31.6 Å². The van der Waals surface area contributed by atoms with Gasteiger partial charge >= 0.3 is 0 Å². The summed E-state index contributed by atoms with van der Waals surface area (Å²) in [6.45, 7) is 0. The zero-order valence-electron chi connectivity index (χ0n) is 13.0. The Labute approximate surface area is 165 Å². The molecule has 132 valence electrons. The molecule has 1 aromatic heterocycles. The Morgan fingerprint density at radius 3 is 2.69 bits per heavy atom. The highest BCUT2D eigenvalue weighted by Crippen LogP contribution is 2.25. The number of benzene rings is 2. The average Bonchev–Trinajstić information content (AvgIpc) is 3.09. The third-order valence-corrected chi connectivity index (χ3v) is 5.08. The number of thioether (sulfide) groups is 1. The number of H-pyrrole nitrogens is 1. The van der Waals surface area contributed by atoms with Gasteiger partial charge in [-0.05, 0) is 18.2 Å². The smallest absolute Gasteiger partial charge is 0.270 e. The number of nitro benzene ring substituents is 1. The minimum Gasteiger partial charge on any atom is -0.293 e. The van der Waals surface area contributed by atoms with Gasteiger partial charge in [-0.2, -0.15) is 0 Å². The molecule has 10 heteroatoms. The van der Waals surface area contributed by atoms with E-state index in [-0.39, 0.29) is 27.8 Å². The first kappa shape index (κ1) is 18.6. The van der Waals surface area contributed by atoms with E-state index in [0.717, 1.165) is 21.8 Å². The van der Waals surface area contributed by atoms with E-state index in [1.807, 2.05) is 24.3 Å². The van der Waals surface area contributed by atoms with E-state index in [1.54, 1.807) is 0 Å². The maximum absolute atomic E-state index is 12.3. The zero-order valence-corrected chi connectivity index (χ0v) is 16.1. The molecule has 0 bridgehead atoms. The van der Waals surface area contributed by atoms with Gasteiger partial charge in [-0.3, -0.25) is 20.0 Å². The fourth-order valence-electron chi connectivity index (χ4n) is 2.10. The zero-order chi connectivity index (χ0) is 18.7. The van der Waals surface area contributed by atoms with Crippen LogP contribution >= 0.6 is 39.3 Å². The standard InChI is InChI=1S/C16H10BrClN4O3S/c17-10-3-1-9(2-4-10)15-19-16(21-20-15)26-8-14(23)12-7-11(22(24)25)5-6-13(12)18/h1-7H,8H2,(H,19,20,21). The van der Waals surface area contributed by atoms with Gasteiger partial charge in [0.1, 0.15) is 0 Å². The number of nitrogens with zero attached hydrogens (tertiary/aromatic N) is 3. The van der Waals surface area contributed by atoms with Crippen molar-refractivity contribution in [2.45, 2.75) is 5.16 Å². The van der Waals surface area contributed by atoms with Crippen molar-refractivity contribution in [3.63, 3.8) is 0 Å². The lowest BCUT2D eigenvalue weighted by Crippen LogP contribution is -2.04. The fraction of sp³-hybridized carbons (Fsp3) is 0.0625. The number of hydrogen-bond donors (Lipinski definition) is 1. The number of halogens is 2. The van der Waals surface area contributed by atoms with E-state index in [4.69, 9.17) is 11.6 Å². The number of hydrogen-bond acceptors (Lipinski definition) is 6. The second-order valence-corrected chi connectivity index (χ2v) is 7.37. The van der Waals surface area contributed by atoms with Crippen LogP contribution in [0, 0.1) is 10.1 Å². The lowest BCUT2D eigenvalue weighted by molar-refractivity contribution is -0.384. The number of non-ortho nitro benzene ring substituents is 1. The third kappa shape index (κ3) is 4.29. The van der Waals surface area contributed by atoms with Gasteiger partial charge in [-0.25, -0.2) is 4.98 Å². The van der Waals surface area contributed by atoms with Gasteiger partial charge in [0, 0.05) is 27.7 Å². The summed E-state index contributed by atoms with van der Waals surface area (Å²) in [5.74, 6) is 0.262. The Morgan fingerprint density at radius 2 is 2.00 bits per heavy atom. The summed E-state index contributed by atoms with van der Waals surface area (Å²) < 4.78 is 0.954. The Bertz CT molecular complexity index is 978. The van der Waals surface area contributed by atoms with Crippen LogP contribution < -0.4 is 0 Å². The summed E-state index contributed by atoms with van der Waals surface area (Å²) in [4.78, 5) is 26.9. The first-order chi connectivity index (χ1) is 12.4. The number of aromatic nitrogens is 3. The van der Waals surface area contributed by atoms with Gasteiger partial charge in [-0.1, -0.05) is 51.4 Å². The Kier molecular flexibility index (Phi) is 5.70. The van der Waals surface area contributed by atoms with Gasteiger partial charge in [0.05, 0.1) is 15.7 Å². The predicted octanol–water partition coefficient (Wildman–Crippen LogP) is 4.77. The number of rotatable bonds is 6. The summed E-state index contributed by atoms with van der Waals surface area (Å²) in [5.41, 5.74) is 0.788. The molecule has 0 aliphatic heterocycles. The number of nitro groups is 1. The van der Waals surface area contributed by atoms with E-state index >= 15 is 0 Å². The highest BCUT2D eigenvalue weighted by atomic mass is 79.9. The van der Waals surface area contributed by atoms with Gasteiger partial charge in [0.25, 0.3) is 5.69 Å². The Hall–Kier alpha value is -2.23. The monoisotopic (exact) mass is 452 g/mol. The molecule has 0 atom stereocenters. The molecular weight excluding hydrogens is 444 g/mol. The highest BCUT2D eigenvalue weighted by molar-refractivity contribution is 9.10. The SMILES string of the molecule is O=C(CSc1n[nH]c(-c2ccc(Br)cc2)n1)c1cc([N+](=O)[O-])ccc1Cl. The first-order valence-electron chi connectivity index (χ1n) is 7.22. The maximum Gasteiger partial charge on any atom is 0.270 e. The molecule has 3 aromatic rings. The molecule has 2 aromatic carbocycles. The van der Waals surface area contributed by atoms with Crippen LogP contribution in [0.1, 0.15) is 10.4 Å². The normalized spacial score (nSPS) is 10.7. The molecule has 1 N–H and O–H groups in total. The second kappa shape index (κ2) is 7.98. The van der Waals surface area contributed by atoms with Gasteiger partial charge in [-0.15, -0.1) is 5.10 Å². The Morgan fingerprint density at radius 1 is 1.27 bits per heavy atom. The summed E-state index contributed by atoms with van der Waals surface area (Å²) in [7, 11) is 0. The highest BCUT2D eigenvalue weighted by Gasteiger charge is 2.17. The van der Waals surface area contributed by atoms with E-state index in [9.17, 15) is 14.9 Å².